The van der Waals surface area contributed by atoms with E-state index in [4.69, 9.17) is 4.74 Å². The fourth-order valence-electron chi connectivity index (χ4n) is 3.38. The first-order valence-corrected chi connectivity index (χ1v) is 10.2. The molecule has 0 aliphatic rings. The number of methoxy groups -OCH3 is 1. The Hall–Kier alpha value is -3.91. The van der Waals surface area contributed by atoms with Gasteiger partial charge in [0.2, 0.25) is 0 Å². The minimum atomic E-state index is -0.0972. The zero-order valence-corrected chi connectivity index (χ0v) is 18.2. The van der Waals surface area contributed by atoms with Crippen molar-refractivity contribution in [1.82, 2.24) is 24.6 Å². The van der Waals surface area contributed by atoms with E-state index in [2.05, 4.69) is 15.3 Å². The number of rotatable bonds is 7. The Morgan fingerprint density at radius 2 is 1.84 bits per heavy atom. The molecule has 32 heavy (non-hydrogen) atoms. The minimum Gasteiger partial charge on any atom is -0.504 e. The van der Waals surface area contributed by atoms with Crippen LogP contribution in [0, 0.1) is 0 Å². The number of phenolic OH excluding ortho intramolecular Hbond substituents is 1. The van der Waals surface area contributed by atoms with Crippen molar-refractivity contribution in [3.63, 3.8) is 0 Å². The zero-order valence-electron chi connectivity index (χ0n) is 18.2. The lowest BCUT2D eigenvalue weighted by molar-refractivity contribution is 0.0951. The quantitative estimate of drug-likeness (QED) is 0.467. The number of fused-ring (bicyclic) bond motifs is 1. The SMILES string of the molecule is COc1cc(-c2cnc3cnc(-c4ccc(C(=O)NCCN(C)C)cc4)cn23)ccc1O. The molecule has 2 N–H and O–H groups in total. The maximum atomic E-state index is 12.3. The summed E-state index contributed by atoms with van der Waals surface area (Å²) in [6.45, 7) is 1.38. The van der Waals surface area contributed by atoms with Crippen molar-refractivity contribution in [3.05, 3.63) is 66.6 Å². The minimum absolute atomic E-state index is 0.0817. The Balaban J connectivity index is 1.60. The van der Waals surface area contributed by atoms with Gasteiger partial charge in [-0.1, -0.05) is 12.1 Å². The van der Waals surface area contributed by atoms with Crippen molar-refractivity contribution in [1.29, 1.82) is 0 Å². The number of hydrogen-bond donors (Lipinski definition) is 2. The van der Waals surface area contributed by atoms with Gasteiger partial charge in [-0.3, -0.25) is 14.2 Å². The zero-order chi connectivity index (χ0) is 22.7. The molecule has 164 valence electrons. The van der Waals surface area contributed by atoms with E-state index in [1.807, 2.05) is 47.8 Å². The summed E-state index contributed by atoms with van der Waals surface area (Å²) in [5.74, 6) is 0.379. The van der Waals surface area contributed by atoms with Gasteiger partial charge in [-0.05, 0) is 44.4 Å². The number of aromatic nitrogens is 3. The van der Waals surface area contributed by atoms with Gasteiger partial charge < -0.3 is 20.1 Å². The normalized spacial score (nSPS) is 11.1. The third-order valence-corrected chi connectivity index (χ3v) is 5.16. The van der Waals surface area contributed by atoms with Crippen LogP contribution in [0.15, 0.2) is 61.1 Å². The number of benzene rings is 2. The number of amides is 1. The molecule has 1 amide bonds. The number of carbonyl (C=O) groups is 1. The van der Waals surface area contributed by atoms with Crippen LogP contribution in [0.2, 0.25) is 0 Å². The Bertz CT molecular complexity index is 1250. The van der Waals surface area contributed by atoms with E-state index in [9.17, 15) is 9.90 Å². The van der Waals surface area contributed by atoms with Gasteiger partial charge in [0, 0.05) is 36.0 Å². The summed E-state index contributed by atoms with van der Waals surface area (Å²) in [6, 6.07) is 12.5. The molecule has 0 spiro atoms. The van der Waals surface area contributed by atoms with Crippen LogP contribution in [-0.4, -0.2) is 64.6 Å². The predicted molar refractivity (Wildman–Crippen MR) is 123 cm³/mol. The molecule has 0 unspecified atom stereocenters. The molecule has 0 bridgehead atoms. The molecule has 0 fully saturated rings. The average molecular weight is 431 g/mol. The average Bonchev–Trinajstić information content (AvgIpc) is 3.22. The molecule has 0 saturated heterocycles. The Labute approximate surface area is 186 Å². The van der Waals surface area contributed by atoms with Gasteiger partial charge in [-0.2, -0.15) is 0 Å². The number of nitrogens with zero attached hydrogens (tertiary/aromatic N) is 4. The highest BCUT2D eigenvalue weighted by Crippen LogP contribution is 2.32. The maximum Gasteiger partial charge on any atom is 0.251 e. The Morgan fingerprint density at radius 1 is 1.09 bits per heavy atom. The number of nitrogens with one attached hydrogen (secondary N) is 1. The molecule has 2 heterocycles. The van der Waals surface area contributed by atoms with Crippen LogP contribution in [0.3, 0.4) is 0 Å². The first kappa shape index (κ1) is 21.3. The van der Waals surface area contributed by atoms with Crippen molar-refractivity contribution in [2.45, 2.75) is 0 Å². The van der Waals surface area contributed by atoms with Crippen molar-refractivity contribution in [2.75, 3.05) is 34.3 Å². The molecular formula is C24H25N5O3. The molecule has 0 radical (unpaired) electrons. The van der Waals surface area contributed by atoms with E-state index in [1.54, 1.807) is 36.7 Å². The monoisotopic (exact) mass is 431 g/mol. The molecule has 2 aromatic carbocycles. The molecular weight excluding hydrogens is 406 g/mol. The highest BCUT2D eigenvalue weighted by molar-refractivity contribution is 5.94. The van der Waals surface area contributed by atoms with Crippen molar-refractivity contribution >= 4 is 11.6 Å². The van der Waals surface area contributed by atoms with E-state index in [1.165, 1.54) is 7.11 Å². The molecule has 4 rings (SSSR count). The van der Waals surface area contributed by atoms with Crippen LogP contribution in [-0.2, 0) is 0 Å². The number of ether oxygens (including phenoxy) is 1. The summed E-state index contributed by atoms with van der Waals surface area (Å²) in [5, 5.41) is 12.8. The standard InChI is InChI=1S/C24H25N5O3/c1-28(2)11-10-25-24(31)17-6-4-16(5-7-17)19-15-29-20(13-27-23(29)14-26-19)18-8-9-21(30)22(12-18)32-3/h4-9,12-15,30H,10-11H2,1-3H3,(H,25,31). The van der Waals surface area contributed by atoms with E-state index in [0.717, 1.165) is 29.1 Å². The van der Waals surface area contributed by atoms with Gasteiger partial charge >= 0.3 is 0 Å². The smallest absolute Gasteiger partial charge is 0.251 e. The number of hydrogen-bond acceptors (Lipinski definition) is 6. The lowest BCUT2D eigenvalue weighted by Crippen LogP contribution is -2.31. The molecule has 2 aromatic heterocycles. The Kier molecular flexibility index (Phi) is 6.04. The largest absolute Gasteiger partial charge is 0.504 e. The van der Waals surface area contributed by atoms with Crippen LogP contribution < -0.4 is 10.1 Å². The van der Waals surface area contributed by atoms with Crippen molar-refractivity contribution in [2.24, 2.45) is 0 Å². The third kappa shape index (κ3) is 4.40. The first-order valence-electron chi connectivity index (χ1n) is 10.2. The van der Waals surface area contributed by atoms with Crippen LogP contribution in [0.4, 0.5) is 0 Å². The summed E-state index contributed by atoms with van der Waals surface area (Å²) < 4.78 is 7.17. The van der Waals surface area contributed by atoms with E-state index in [-0.39, 0.29) is 11.7 Å². The topological polar surface area (TPSA) is 92.0 Å². The van der Waals surface area contributed by atoms with Gasteiger partial charge in [-0.25, -0.2) is 4.98 Å². The number of imidazole rings is 1. The summed E-state index contributed by atoms with van der Waals surface area (Å²) in [7, 11) is 5.45. The lowest BCUT2D eigenvalue weighted by Gasteiger charge is -2.11. The number of carbonyl (C=O) groups excluding carboxylic acids is 1. The second-order valence-electron chi connectivity index (χ2n) is 7.67. The second kappa shape index (κ2) is 9.07. The van der Waals surface area contributed by atoms with E-state index in [0.29, 0.717) is 23.5 Å². The molecule has 8 nitrogen and oxygen atoms in total. The summed E-state index contributed by atoms with van der Waals surface area (Å²) >= 11 is 0. The molecule has 4 aromatic rings. The van der Waals surface area contributed by atoms with E-state index < -0.39 is 0 Å². The number of likely N-dealkylation sites (N-methyl/N-ethyl adjacent to an activating group) is 1. The lowest BCUT2D eigenvalue weighted by atomic mass is 10.1. The fraction of sp³-hybridized carbons (Fsp3) is 0.208. The molecule has 8 heteroatoms. The van der Waals surface area contributed by atoms with Gasteiger partial charge in [0.1, 0.15) is 0 Å². The van der Waals surface area contributed by atoms with Gasteiger partial charge in [0.05, 0.1) is 30.9 Å². The van der Waals surface area contributed by atoms with Crippen LogP contribution in [0.25, 0.3) is 28.2 Å². The summed E-state index contributed by atoms with van der Waals surface area (Å²) in [6.07, 6.45) is 5.37. The van der Waals surface area contributed by atoms with Crippen LogP contribution in [0.5, 0.6) is 11.5 Å². The third-order valence-electron chi connectivity index (χ3n) is 5.16. The van der Waals surface area contributed by atoms with Gasteiger partial charge in [-0.15, -0.1) is 0 Å². The molecule has 0 atom stereocenters. The van der Waals surface area contributed by atoms with E-state index >= 15 is 0 Å². The predicted octanol–water partition coefficient (Wildman–Crippen LogP) is 3.07. The van der Waals surface area contributed by atoms with Crippen molar-refractivity contribution in [3.8, 4) is 34.0 Å². The molecule has 0 aliphatic heterocycles. The highest BCUT2D eigenvalue weighted by Gasteiger charge is 2.12. The maximum absolute atomic E-state index is 12.3. The Morgan fingerprint density at radius 3 is 2.56 bits per heavy atom. The fourth-order valence-corrected chi connectivity index (χ4v) is 3.38. The second-order valence-corrected chi connectivity index (χ2v) is 7.67. The van der Waals surface area contributed by atoms with Crippen molar-refractivity contribution < 1.29 is 14.6 Å². The molecule has 0 saturated carbocycles. The number of aromatic hydroxyl groups is 1. The van der Waals surface area contributed by atoms with Crippen LogP contribution in [0.1, 0.15) is 10.4 Å². The first-order chi connectivity index (χ1) is 15.5. The van der Waals surface area contributed by atoms with Gasteiger partial charge in [0.15, 0.2) is 17.1 Å². The summed E-state index contributed by atoms with van der Waals surface area (Å²) in [5.41, 5.74) is 4.65. The molecule has 0 aliphatic carbocycles. The highest BCUT2D eigenvalue weighted by atomic mass is 16.5. The summed E-state index contributed by atoms with van der Waals surface area (Å²) in [4.78, 5) is 23.3. The van der Waals surface area contributed by atoms with Gasteiger partial charge in [0.25, 0.3) is 5.91 Å². The number of phenols is 1. The van der Waals surface area contributed by atoms with Crippen LogP contribution >= 0.6 is 0 Å².